The number of carbonyl (C=O) groups is 1. The number of anilines is 1. The molecule has 0 unspecified atom stereocenters. The van der Waals surface area contributed by atoms with E-state index in [4.69, 9.17) is 0 Å². The van der Waals surface area contributed by atoms with E-state index in [0.29, 0.717) is 17.4 Å². The molecule has 1 amide bonds. The highest BCUT2D eigenvalue weighted by Crippen LogP contribution is 2.21. The molecule has 1 saturated heterocycles. The first kappa shape index (κ1) is 17.4. The van der Waals surface area contributed by atoms with Crippen molar-refractivity contribution in [3.8, 4) is 5.69 Å². The van der Waals surface area contributed by atoms with Crippen LogP contribution in [0.1, 0.15) is 19.8 Å². The molecule has 5 nitrogen and oxygen atoms in total. The van der Waals surface area contributed by atoms with Crippen LogP contribution < -0.4 is 10.6 Å². The smallest absolute Gasteiger partial charge is 0.227 e. The molecule has 1 aromatic carbocycles. The fourth-order valence-corrected chi connectivity index (χ4v) is 2.80. The number of carbonyl (C=O) groups excluding carboxylic acids is 1. The van der Waals surface area contributed by atoms with Crippen LogP contribution >= 0.6 is 12.4 Å². The van der Waals surface area contributed by atoms with Crippen molar-refractivity contribution in [1.82, 2.24) is 15.1 Å². The Kier molecular flexibility index (Phi) is 5.74. The number of rotatable bonds is 3. The van der Waals surface area contributed by atoms with E-state index in [1.807, 2.05) is 0 Å². The van der Waals surface area contributed by atoms with Crippen molar-refractivity contribution in [3.05, 3.63) is 42.5 Å². The number of halogens is 2. The fourth-order valence-electron chi connectivity index (χ4n) is 2.80. The second-order valence-electron chi connectivity index (χ2n) is 5.68. The standard InChI is InChI=1S/C16H19FN4O.ClH/c1-11-9-12(5-7-18-11)16(22)20-13-3-4-15(14(17)10-13)21-8-2-6-19-21;/h2-4,6,8,10-12,18H,5,7,9H2,1H3,(H,20,22);1H/t11-,12-;/m0./s1. The lowest BCUT2D eigenvalue weighted by Crippen LogP contribution is -2.40. The van der Waals surface area contributed by atoms with E-state index in [1.54, 1.807) is 30.6 Å². The summed E-state index contributed by atoms with van der Waals surface area (Å²) >= 11 is 0. The topological polar surface area (TPSA) is 59.0 Å². The lowest BCUT2D eigenvalue weighted by Gasteiger charge is -2.27. The highest BCUT2D eigenvalue weighted by atomic mass is 35.5. The molecule has 1 fully saturated rings. The predicted octanol–water partition coefficient (Wildman–Crippen LogP) is 2.76. The number of nitrogens with zero attached hydrogens (tertiary/aromatic N) is 2. The van der Waals surface area contributed by atoms with Gasteiger partial charge in [0, 0.05) is 30.0 Å². The molecular formula is C16H20ClFN4O. The second-order valence-corrected chi connectivity index (χ2v) is 5.68. The molecule has 0 saturated carbocycles. The normalized spacial score (nSPS) is 20.6. The molecule has 2 atom stereocenters. The van der Waals surface area contributed by atoms with Crippen molar-refractivity contribution in [1.29, 1.82) is 0 Å². The van der Waals surface area contributed by atoms with Crippen molar-refractivity contribution in [2.45, 2.75) is 25.8 Å². The van der Waals surface area contributed by atoms with Crippen LogP contribution in [-0.4, -0.2) is 28.3 Å². The van der Waals surface area contributed by atoms with Gasteiger partial charge in [-0.2, -0.15) is 5.10 Å². The fraction of sp³-hybridized carbons (Fsp3) is 0.375. The summed E-state index contributed by atoms with van der Waals surface area (Å²) in [5.41, 5.74) is 0.836. The molecule has 1 aliphatic heterocycles. The average Bonchev–Trinajstić information content (AvgIpc) is 3.01. The number of piperidine rings is 1. The van der Waals surface area contributed by atoms with Crippen molar-refractivity contribution in [3.63, 3.8) is 0 Å². The van der Waals surface area contributed by atoms with Gasteiger partial charge in [0.1, 0.15) is 5.69 Å². The predicted molar refractivity (Wildman–Crippen MR) is 89.6 cm³/mol. The Morgan fingerprint density at radius 2 is 2.30 bits per heavy atom. The Morgan fingerprint density at radius 1 is 1.48 bits per heavy atom. The molecule has 0 bridgehead atoms. The Hall–Kier alpha value is -1.92. The van der Waals surface area contributed by atoms with Gasteiger partial charge in [0.25, 0.3) is 0 Å². The maximum absolute atomic E-state index is 14.1. The highest BCUT2D eigenvalue weighted by Gasteiger charge is 2.24. The number of nitrogens with one attached hydrogen (secondary N) is 2. The summed E-state index contributed by atoms with van der Waals surface area (Å²) < 4.78 is 15.6. The molecule has 0 aliphatic carbocycles. The molecule has 1 aliphatic rings. The zero-order valence-electron chi connectivity index (χ0n) is 12.8. The molecule has 0 spiro atoms. The molecule has 2 aromatic rings. The molecule has 2 heterocycles. The molecule has 7 heteroatoms. The zero-order valence-corrected chi connectivity index (χ0v) is 13.6. The first-order valence-electron chi connectivity index (χ1n) is 7.47. The van der Waals surface area contributed by atoms with Gasteiger partial charge in [-0.15, -0.1) is 12.4 Å². The molecule has 2 N–H and O–H groups in total. The van der Waals surface area contributed by atoms with Gasteiger partial charge in [0.2, 0.25) is 5.91 Å². The van der Waals surface area contributed by atoms with E-state index in [1.165, 1.54) is 10.7 Å². The van der Waals surface area contributed by atoms with Crippen LogP contribution in [0.2, 0.25) is 0 Å². The summed E-state index contributed by atoms with van der Waals surface area (Å²) in [6.07, 6.45) is 4.88. The number of hydrogen-bond acceptors (Lipinski definition) is 3. The van der Waals surface area contributed by atoms with Crippen LogP contribution in [0.25, 0.3) is 5.69 Å². The Morgan fingerprint density at radius 3 is 2.96 bits per heavy atom. The van der Waals surface area contributed by atoms with Gasteiger partial charge >= 0.3 is 0 Å². The summed E-state index contributed by atoms with van der Waals surface area (Å²) in [4.78, 5) is 12.3. The van der Waals surface area contributed by atoms with Crippen molar-refractivity contribution < 1.29 is 9.18 Å². The molecule has 0 radical (unpaired) electrons. The van der Waals surface area contributed by atoms with Gasteiger partial charge in [-0.1, -0.05) is 0 Å². The van der Waals surface area contributed by atoms with Crippen LogP contribution in [0, 0.1) is 11.7 Å². The minimum atomic E-state index is -0.417. The second kappa shape index (κ2) is 7.57. The van der Waals surface area contributed by atoms with Gasteiger partial charge in [-0.05, 0) is 50.6 Å². The number of aromatic nitrogens is 2. The van der Waals surface area contributed by atoms with Gasteiger partial charge in [-0.3, -0.25) is 4.79 Å². The summed E-state index contributed by atoms with van der Waals surface area (Å²) in [6.45, 7) is 2.91. The van der Waals surface area contributed by atoms with Crippen LogP contribution in [0.15, 0.2) is 36.7 Å². The van der Waals surface area contributed by atoms with E-state index in [0.717, 1.165) is 19.4 Å². The monoisotopic (exact) mass is 338 g/mol. The number of amides is 1. The summed E-state index contributed by atoms with van der Waals surface area (Å²) in [5.74, 6) is -0.482. The van der Waals surface area contributed by atoms with Crippen LogP contribution in [0.5, 0.6) is 0 Å². The van der Waals surface area contributed by atoms with Gasteiger partial charge in [-0.25, -0.2) is 9.07 Å². The summed E-state index contributed by atoms with van der Waals surface area (Å²) in [6, 6.07) is 6.71. The van der Waals surface area contributed by atoms with E-state index >= 15 is 0 Å². The first-order chi connectivity index (χ1) is 10.6. The highest BCUT2D eigenvalue weighted by molar-refractivity contribution is 5.92. The van der Waals surface area contributed by atoms with Crippen molar-refractivity contribution in [2.75, 3.05) is 11.9 Å². The van der Waals surface area contributed by atoms with Crippen LogP contribution in [0.4, 0.5) is 10.1 Å². The van der Waals surface area contributed by atoms with Gasteiger partial charge in [0.05, 0.1) is 0 Å². The molecule has 23 heavy (non-hydrogen) atoms. The summed E-state index contributed by atoms with van der Waals surface area (Å²) in [5, 5.41) is 10.1. The Labute approximate surface area is 140 Å². The summed E-state index contributed by atoms with van der Waals surface area (Å²) in [7, 11) is 0. The lowest BCUT2D eigenvalue weighted by atomic mass is 9.92. The quantitative estimate of drug-likeness (QED) is 0.904. The van der Waals surface area contributed by atoms with E-state index in [9.17, 15) is 9.18 Å². The number of hydrogen-bond donors (Lipinski definition) is 2. The third-order valence-electron chi connectivity index (χ3n) is 3.96. The molecule has 1 aromatic heterocycles. The Balaban J connectivity index is 0.00000192. The average molecular weight is 339 g/mol. The minimum absolute atomic E-state index is 0. The van der Waals surface area contributed by atoms with Gasteiger partial charge < -0.3 is 10.6 Å². The van der Waals surface area contributed by atoms with Crippen molar-refractivity contribution in [2.24, 2.45) is 5.92 Å². The third-order valence-corrected chi connectivity index (χ3v) is 3.96. The van der Waals surface area contributed by atoms with E-state index < -0.39 is 5.82 Å². The zero-order chi connectivity index (χ0) is 15.5. The molecule has 3 rings (SSSR count). The maximum atomic E-state index is 14.1. The number of benzene rings is 1. The van der Waals surface area contributed by atoms with Crippen LogP contribution in [-0.2, 0) is 4.79 Å². The third kappa shape index (κ3) is 4.09. The maximum Gasteiger partial charge on any atom is 0.227 e. The molecular weight excluding hydrogens is 319 g/mol. The molecule has 124 valence electrons. The van der Waals surface area contributed by atoms with Gasteiger partial charge in [0.15, 0.2) is 5.82 Å². The SMILES string of the molecule is C[C@H]1C[C@@H](C(=O)Nc2ccc(-n3cccn3)c(F)c2)CCN1.Cl. The van der Waals surface area contributed by atoms with E-state index in [-0.39, 0.29) is 24.2 Å². The van der Waals surface area contributed by atoms with Crippen LogP contribution in [0.3, 0.4) is 0 Å². The Bertz CT molecular complexity index is 662. The van der Waals surface area contributed by atoms with Crippen molar-refractivity contribution >= 4 is 24.0 Å². The van der Waals surface area contributed by atoms with E-state index in [2.05, 4.69) is 22.7 Å². The minimum Gasteiger partial charge on any atom is -0.326 e. The first-order valence-corrected chi connectivity index (χ1v) is 7.47. The largest absolute Gasteiger partial charge is 0.326 e. The lowest BCUT2D eigenvalue weighted by molar-refractivity contribution is -0.120.